The Bertz CT molecular complexity index is 1860. The Morgan fingerprint density at radius 2 is 1.91 bits per heavy atom. The van der Waals surface area contributed by atoms with Gasteiger partial charge in [-0.1, -0.05) is 23.2 Å². The van der Waals surface area contributed by atoms with Gasteiger partial charge >= 0.3 is 6.18 Å². The number of aliphatic hydroxyl groups is 1. The topological polar surface area (TPSA) is 132 Å². The fourth-order valence-corrected chi connectivity index (χ4v) is 5.50. The number of carbonyl (C=O) groups is 2. The van der Waals surface area contributed by atoms with E-state index in [9.17, 15) is 32.3 Å². The Kier molecular flexibility index (Phi) is 7.06. The number of primary amides is 1. The highest BCUT2D eigenvalue weighted by Crippen LogP contribution is 2.48. The minimum Gasteiger partial charge on any atom is -0.489 e. The molecule has 1 unspecified atom stereocenters. The van der Waals surface area contributed by atoms with Gasteiger partial charge < -0.3 is 20.9 Å². The minimum atomic E-state index is -5.38. The van der Waals surface area contributed by atoms with E-state index in [0.29, 0.717) is 10.9 Å². The lowest BCUT2D eigenvalue weighted by atomic mass is 9.81. The molecule has 1 aliphatic carbocycles. The molecule has 1 saturated carbocycles. The second-order valence-electron chi connectivity index (χ2n) is 11.1. The fourth-order valence-electron chi connectivity index (χ4n) is 5.05. The largest absolute Gasteiger partial charge is 0.489 e. The lowest BCUT2D eigenvalue weighted by molar-refractivity contribution is -0.265. The SMILES string of the molecule is C[C@]1(C(N)=O)COc2c1cc(C(O)(CNC(=O)c1cc(Cl)c3nn(C4CC4)cc3c1)C(F)(F)F)nc2-c1ccc(F)c(Cl)c1. The summed E-state index contributed by atoms with van der Waals surface area (Å²) in [5.74, 6) is -2.73. The highest BCUT2D eigenvalue weighted by Gasteiger charge is 2.57. The third-order valence-electron chi connectivity index (χ3n) is 7.97. The van der Waals surface area contributed by atoms with E-state index in [1.165, 1.54) is 25.1 Å². The normalized spacial score (nSPS) is 19.4. The van der Waals surface area contributed by atoms with Gasteiger partial charge in [0.15, 0.2) is 0 Å². The van der Waals surface area contributed by atoms with E-state index in [1.807, 2.05) is 0 Å². The highest BCUT2D eigenvalue weighted by molar-refractivity contribution is 6.35. The van der Waals surface area contributed by atoms with Gasteiger partial charge in [-0.2, -0.15) is 18.3 Å². The van der Waals surface area contributed by atoms with E-state index < -0.39 is 47.1 Å². The molecular weight excluding hydrogens is 629 g/mol. The first-order chi connectivity index (χ1) is 20.6. The van der Waals surface area contributed by atoms with Crippen LogP contribution in [0.1, 0.15) is 47.4 Å². The summed E-state index contributed by atoms with van der Waals surface area (Å²) in [6, 6.07) is 7.12. The first-order valence-electron chi connectivity index (χ1n) is 13.3. The van der Waals surface area contributed by atoms with Gasteiger partial charge in [0.2, 0.25) is 11.5 Å². The maximum absolute atomic E-state index is 14.7. The standard InChI is InChI=1S/C29H23Cl2F4N5O4/c1-27(26(36)42)12-44-24-17(27)9-21(38-23(24)13-2-5-20(32)18(30)7-13)28(43,29(33,34)35)11-37-25(41)14-6-15-10-40(16-3-4-16)39-22(15)19(31)8-14/h2,5-10,16,43H,3-4,11-12H2,1H3,(H2,36,42)(H,37,41)/t27-,28?/m0/s1. The maximum Gasteiger partial charge on any atom is 0.424 e. The number of aromatic nitrogens is 3. The van der Waals surface area contributed by atoms with Gasteiger partial charge in [-0.3, -0.25) is 14.3 Å². The van der Waals surface area contributed by atoms with Crippen LogP contribution in [0.2, 0.25) is 10.0 Å². The van der Waals surface area contributed by atoms with Crippen LogP contribution in [0.3, 0.4) is 0 Å². The Morgan fingerprint density at radius 1 is 1.18 bits per heavy atom. The van der Waals surface area contributed by atoms with Gasteiger partial charge in [-0.25, -0.2) is 9.37 Å². The quantitative estimate of drug-likeness (QED) is 0.236. The molecule has 1 fully saturated rings. The molecule has 2 aromatic carbocycles. The van der Waals surface area contributed by atoms with Crippen molar-refractivity contribution < 1.29 is 37.0 Å². The number of halogens is 6. The number of carbonyl (C=O) groups excluding carboxylic acids is 2. The van der Waals surface area contributed by atoms with Crippen molar-refractivity contribution in [2.75, 3.05) is 13.2 Å². The molecule has 44 heavy (non-hydrogen) atoms. The predicted octanol–water partition coefficient (Wildman–Crippen LogP) is 5.19. The molecule has 1 aliphatic heterocycles. The van der Waals surface area contributed by atoms with Crippen LogP contribution in [0.4, 0.5) is 17.6 Å². The Labute approximate surface area is 256 Å². The number of pyridine rings is 1. The Balaban J connectivity index is 1.40. The third-order valence-corrected chi connectivity index (χ3v) is 8.55. The number of nitrogens with zero attached hydrogens (tertiary/aromatic N) is 3. The van der Waals surface area contributed by atoms with Crippen molar-refractivity contribution in [3.8, 4) is 17.0 Å². The molecule has 2 amide bonds. The molecule has 2 aliphatic rings. The first kappa shape index (κ1) is 30.1. The number of hydrogen-bond acceptors (Lipinski definition) is 6. The molecule has 6 rings (SSSR count). The third kappa shape index (κ3) is 4.92. The van der Waals surface area contributed by atoms with Crippen molar-refractivity contribution >= 4 is 45.9 Å². The van der Waals surface area contributed by atoms with Gasteiger partial charge in [0.1, 0.15) is 34.8 Å². The number of ether oxygens (including phenoxy) is 1. The molecule has 4 aromatic rings. The zero-order valence-corrected chi connectivity index (χ0v) is 24.3. The zero-order chi connectivity index (χ0) is 31.8. The van der Waals surface area contributed by atoms with E-state index in [-0.39, 0.29) is 50.8 Å². The molecule has 0 saturated heterocycles. The number of alkyl halides is 3. The van der Waals surface area contributed by atoms with Crippen molar-refractivity contribution in [2.45, 2.75) is 43.0 Å². The fraction of sp³-hybridized carbons (Fsp3) is 0.310. The summed E-state index contributed by atoms with van der Waals surface area (Å²) in [6.45, 7) is -0.325. The Morgan fingerprint density at radius 3 is 2.55 bits per heavy atom. The second kappa shape index (κ2) is 10.3. The molecule has 2 aromatic heterocycles. The van der Waals surface area contributed by atoms with Crippen LogP contribution >= 0.6 is 23.2 Å². The molecule has 2 atom stereocenters. The number of nitrogens with two attached hydrogens (primary N) is 1. The molecule has 15 heteroatoms. The van der Waals surface area contributed by atoms with Crippen LogP contribution in [0.5, 0.6) is 5.75 Å². The number of benzene rings is 2. The van der Waals surface area contributed by atoms with Gasteiger partial charge in [-0.05, 0) is 56.2 Å². The molecular formula is C29H23Cl2F4N5O4. The van der Waals surface area contributed by atoms with E-state index in [2.05, 4.69) is 15.4 Å². The van der Waals surface area contributed by atoms with E-state index >= 15 is 0 Å². The van der Waals surface area contributed by atoms with Crippen molar-refractivity contribution in [1.82, 2.24) is 20.1 Å². The summed E-state index contributed by atoms with van der Waals surface area (Å²) in [5.41, 5.74) is -0.622. The molecule has 230 valence electrons. The number of nitrogens with one attached hydrogen (secondary N) is 1. The van der Waals surface area contributed by atoms with Crippen LogP contribution in [-0.4, -0.2) is 51.0 Å². The molecule has 3 heterocycles. The second-order valence-corrected chi connectivity index (χ2v) is 11.9. The van der Waals surface area contributed by atoms with Gasteiger partial charge in [0.05, 0.1) is 28.3 Å². The van der Waals surface area contributed by atoms with Crippen LogP contribution < -0.4 is 15.8 Å². The number of amides is 2. The lowest BCUT2D eigenvalue weighted by Gasteiger charge is -2.31. The smallest absolute Gasteiger partial charge is 0.424 e. The minimum absolute atomic E-state index is 0.0477. The summed E-state index contributed by atoms with van der Waals surface area (Å²) in [7, 11) is 0. The van der Waals surface area contributed by atoms with Crippen molar-refractivity contribution in [3.63, 3.8) is 0 Å². The number of hydrogen-bond donors (Lipinski definition) is 3. The molecule has 0 bridgehead atoms. The van der Waals surface area contributed by atoms with Crippen LogP contribution in [0.15, 0.2) is 42.6 Å². The maximum atomic E-state index is 14.7. The van der Waals surface area contributed by atoms with Crippen molar-refractivity contribution in [2.24, 2.45) is 5.73 Å². The van der Waals surface area contributed by atoms with Crippen molar-refractivity contribution in [3.05, 3.63) is 75.3 Å². The van der Waals surface area contributed by atoms with E-state index in [1.54, 1.807) is 10.9 Å². The molecule has 9 nitrogen and oxygen atoms in total. The average Bonchev–Trinajstić information content (AvgIpc) is 3.63. The molecule has 4 N–H and O–H groups in total. The predicted molar refractivity (Wildman–Crippen MR) is 152 cm³/mol. The van der Waals surface area contributed by atoms with Gasteiger partial charge in [0, 0.05) is 28.3 Å². The van der Waals surface area contributed by atoms with E-state index in [0.717, 1.165) is 31.0 Å². The van der Waals surface area contributed by atoms with Gasteiger partial charge in [-0.15, -0.1) is 0 Å². The first-order valence-corrected chi connectivity index (χ1v) is 14.1. The number of fused-ring (bicyclic) bond motifs is 2. The summed E-state index contributed by atoms with van der Waals surface area (Å²) < 4.78 is 65.4. The highest BCUT2D eigenvalue weighted by atomic mass is 35.5. The van der Waals surface area contributed by atoms with Crippen molar-refractivity contribution in [1.29, 1.82) is 0 Å². The Hall–Kier alpha value is -3.94. The molecule has 0 spiro atoms. The lowest BCUT2D eigenvalue weighted by Crippen LogP contribution is -2.51. The molecule has 0 radical (unpaired) electrons. The summed E-state index contributed by atoms with van der Waals surface area (Å²) in [5, 5.41) is 18.1. The number of rotatable bonds is 7. The zero-order valence-electron chi connectivity index (χ0n) is 22.8. The van der Waals surface area contributed by atoms with Gasteiger partial charge in [0.25, 0.3) is 5.91 Å². The monoisotopic (exact) mass is 651 g/mol. The van der Waals surface area contributed by atoms with Crippen LogP contribution in [0.25, 0.3) is 22.2 Å². The summed E-state index contributed by atoms with van der Waals surface area (Å²) in [6.07, 6.45) is -1.77. The average molecular weight is 652 g/mol. The van der Waals surface area contributed by atoms with Crippen LogP contribution in [0, 0.1) is 5.82 Å². The summed E-state index contributed by atoms with van der Waals surface area (Å²) in [4.78, 5) is 29.6. The van der Waals surface area contributed by atoms with Crippen LogP contribution in [-0.2, 0) is 15.8 Å². The summed E-state index contributed by atoms with van der Waals surface area (Å²) >= 11 is 12.3. The van der Waals surface area contributed by atoms with E-state index in [4.69, 9.17) is 33.7 Å².